The van der Waals surface area contributed by atoms with Gasteiger partial charge < -0.3 is 14.4 Å². The Morgan fingerprint density at radius 3 is 2.86 bits per heavy atom. The van der Waals surface area contributed by atoms with Gasteiger partial charge in [0, 0.05) is 31.9 Å². The van der Waals surface area contributed by atoms with Crippen LogP contribution in [0.2, 0.25) is 0 Å². The Labute approximate surface area is 122 Å². The van der Waals surface area contributed by atoms with Crippen LogP contribution in [0, 0.1) is 0 Å². The Bertz CT molecular complexity index is 606. The van der Waals surface area contributed by atoms with Crippen molar-refractivity contribution in [3.8, 4) is 0 Å². The van der Waals surface area contributed by atoms with Crippen molar-refractivity contribution in [2.45, 2.75) is 38.5 Å². The average molecular weight is 292 g/mol. The lowest BCUT2D eigenvalue weighted by Gasteiger charge is -2.31. The third-order valence-electron chi connectivity index (χ3n) is 4.00. The molecule has 0 spiro atoms. The number of nitrogens with zero attached hydrogens (tertiary/aromatic N) is 2. The molecule has 0 unspecified atom stereocenters. The molecule has 6 nitrogen and oxygen atoms in total. The van der Waals surface area contributed by atoms with Gasteiger partial charge in [0.15, 0.2) is 0 Å². The fourth-order valence-electron chi connectivity index (χ4n) is 2.82. The number of morpholine rings is 1. The summed E-state index contributed by atoms with van der Waals surface area (Å²) >= 11 is 0. The zero-order chi connectivity index (χ0) is 15.0. The highest BCUT2D eigenvalue weighted by atomic mass is 16.5. The van der Waals surface area contributed by atoms with Crippen molar-refractivity contribution in [2.75, 3.05) is 19.7 Å². The molecule has 2 aliphatic rings. The number of rotatable bonds is 4. The van der Waals surface area contributed by atoms with Crippen LogP contribution < -0.4 is 5.56 Å². The van der Waals surface area contributed by atoms with Crippen LogP contribution >= 0.6 is 0 Å². The first-order valence-electron chi connectivity index (χ1n) is 7.37. The maximum atomic E-state index is 12.1. The molecule has 1 aromatic rings. The van der Waals surface area contributed by atoms with E-state index in [1.165, 1.54) is 6.07 Å². The number of aromatic carboxylic acids is 1. The lowest BCUT2D eigenvalue weighted by atomic mass is 10.1. The van der Waals surface area contributed by atoms with Crippen molar-refractivity contribution in [1.29, 1.82) is 0 Å². The van der Waals surface area contributed by atoms with Crippen molar-refractivity contribution >= 4 is 5.97 Å². The molecule has 1 aliphatic heterocycles. The molecule has 0 amide bonds. The van der Waals surface area contributed by atoms with E-state index in [4.69, 9.17) is 4.74 Å². The van der Waals surface area contributed by atoms with E-state index in [9.17, 15) is 14.7 Å². The largest absolute Gasteiger partial charge is 0.477 e. The first-order valence-corrected chi connectivity index (χ1v) is 7.37. The minimum absolute atomic E-state index is 0.124. The van der Waals surface area contributed by atoms with E-state index < -0.39 is 5.97 Å². The zero-order valence-electron chi connectivity index (χ0n) is 12.1. The number of aromatic nitrogens is 1. The molecule has 21 heavy (non-hydrogen) atoms. The van der Waals surface area contributed by atoms with Crippen molar-refractivity contribution in [2.24, 2.45) is 0 Å². The smallest absolute Gasteiger partial charge is 0.341 e. The van der Waals surface area contributed by atoms with Crippen LogP contribution in [0.1, 0.15) is 41.7 Å². The molecule has 0 aromatic carbocycles. The predicted molar refractivity (Wildman–Crippen MR) is 76.6 cm³/mol. The van der Waals surface area contributed by atoms with Crippen LogP contribution in [0.5, 0.6) is 0 Å². The number of ether oxygens (including phenoxy) is 1. The molecule has 1 saturated carbocycles. The molecule has 3 rings (SSSR count). The van der Waals surface area contributed by atoms with Gasteiger partial charge in [-0.25, -0.2) is 4.79 Å². The summed E-state index contributed by atoms with van der Waals surface area (Å²) in [6, 6.07) is 1.70. The monoisotopic (exact) mass is 292 g/mol. The van der Waals surface area contributed by atoms with E-state index >= 15 is 0 Å². The Kier molecular flexibility index (Phi) is 3.82. The molecule has 1 aromatic heterocycles. The van der Waals surface area contributed by atoms with Gasteiger partial charge in [-0.2, -0.15) is 0 Å². The number of hydrogen-bond acceptors (Lipinski definition) is 4. The van der Waals surface area contributed by atoms with E-state index in [2.05, 4.69) is 4.90 Å². The third kappa shape index (κ3) is 3.16. The van der Waals surface area contributed by atoms with E-state index in [1.807, 2.05) is 13.1 Å². The lowest BCUT2D eigenvalue weighted by Crippen LogP contribution is -2.40. The molecule has 0 radical (unpaired) electrons. The summed E-state index contributed by atoms with van der Waals surface area (Å²) in [5.41, 5.74) is 0.373. The van der Waals surface area contributed by atoms with Crippen molar-refractivity contribution in [3.05, 3.63) is 33.7 Å². The molecule has 0 bridgehead atoms. The van der Waals surface area contributed by atoms with Crippen molar-refractivity contribution in [3.63, 3.8) is 0 Å². The van der Waals surface area contributed by atoms with Gasteiger partial charge in [0.25, 0.3) is 5.56 Å². The molecule has 1 saturated heterocycles. The summed E-state index contributed by atoms with van der Waals surface area (Å²) in [7, 11) is 0. The van der Waals surface area contributed by atoms with Gasteiger partial charge in [0.1, 0.15) is 5.56 Å². The molecule has 2 fully saturated rings. The van der Waals surface area contributed by atoms with Gasteiger partial charge >= 0.3 is 5.97 Å². The van der Waals surface area contributed by atoms with Crippen molar-refractivity contribution in [1.82, 2.24) is 9.47 Å². The second-order valence-corrected chi connectivity index (χ2v) is 5.93. The fourth-order valence-corrected chi connectivity index (χ4v) is 2.82. The Morgan fingerprint density at radius 1 is 1.48 bits per heavy atom. The average Bonchev–Trinajstić information content (AvgIpc) is 3.24. The highest BCUT2D eigenvalue weighted by Crippen LogP contribution is 2.33. The molecule has 2 heterocycles. The normalized spacial score (nSPS) is 23.2. The summed E-state index contributed by atoms with van der Waals surface area (Å²) in [5.74, 6) is -1.15. The minimum atomic E-state index is -1.15. The van der Waals surface area contributed by atoms with E-state index in [1.54, 1.807) is 4.57 Å². The van der Waals surface area contributed by atoms with E-state index in [0.717, 1.165) is 31.5 Å². The number of carbonyl (C=O) groups is 1. The molecule has 1 atom stereocenters. The molecule has 6 heteroatoms. The molecular formula is C15H20N2O4. The van der Waals surface area contributed by atoms with Crippen LogP contribution in [-0.2, 0) is 11.3 Å². The maximum absolute atomic E-state index is 12.1. The Hall–Kier alpha value is -1.66. The third-order valence-corrected chi connectivity index (χ3v) is 4.00. The highest BCUT2D eigenvalue weighted by Gasteiger charge is 2.27. The lowest BCUT2D eigenvalue weighted by molar-refractivity contribution is -0.0212. The van der Waals surface area contributed by atoms with Gasteiger partial charge in [-0.3, -0.25) is 9.69 Å². The standard InChI is InChI=1S/C15H20N2O4/c1-10-7-16(4-5-21-10)8-11-6-13(15(19)20)14(18)17(9-11)12-2-3-12/h6,9-10,12H,2-5,7-8H2,1H3,(H,19,20)/t10-/m1/s1. The summed E-state index contributed by atoms with van der Waals surface area (Å²) < 4.78 is 7.11. The van der Waals surface area contributed by atoms with E-state index in [0.29, 0.717) is 13.2 Å². The Balaban J connectivity index is 1.87. The van der Waals surface area contributed by atoms with Crippen LogP contribution in [0.4, 0.5) is 0 Å². The van der Waals surface area contributed by atoms with E-state index in [-0.39, 0.29) is 23.3 Å². The second kappa shape index (κ2) is 5.61. The number of carboxylic acid groups (broad SMARTS) is 1. The summed E-state index contributed by atoms with van der Waals surface area (Å²) in [6.07, 6.45) is 3.92. The number of pyridine rings is 1. The molecular weight excluding hydrogens is 272 g/mol. The molecule has 114 valence electrons. The predicted octanol–water partition coefficient (Wildman–Crippen LogP) is 1.10. The number of carboxylic acids is 1. The van der Waals surface area contributed by atoms with Gasteiger partial charge in [-0.05, 0) is 31.4 Å². The minimum Gasteiger partial charge on any atom is -0.477 e. The summed E-state index contributed by atoms with van der Waals surface area (Å²) in [4.78, 5) is 25.6. The topological polar surface area (TPSA) is 71.8 Å². The van der Waals surface area contributed by atoms with Gasteiger partial charge in [-0.15, -0.1) is 0 Å². The summed E-state index contributed by atoms with van der Waals surface area (Å²) in [5, 5.41) is 9.22. The second-order valence-electron chi connectivity index (χ2n) is 5.93. The van der Waals surface area contributed by atoms with Crippen LogP contribution in [0.15, 0.2) is 17.1 Å². The number of hydrogen-bond donors (Lipinski definition) is 1. The van der Waals surface area contributed by atoms with Gasteiger partial charge in [-0.1, -0.05) is 0 Å². The first kappa shape index (κ1) is 14.3. The van der Waals surface area contributed by atoms with Crippen LogP contribution in [-0.4, -0.2) is 46.3 Å². The maximum Gasteiger partial charge on any atom is 0.341 e. The quantitative estimate of drug-likeness (QED) is 0.900. The van der Waals surface area contributed by atoms with Crippen LogP contribution in [0.3, 0.4) is 0 Å². The van der Waals surface area contributed by atoms with Gasteiger partial charge in [0.05, 0.1) is 12.7 Å². The first-order chi connectivity index (χ1) is 10.0. The highest BCUT2D eigenvalue weighted by molar-refractivity contribution is 5.87. The van der Waals surface area contributed by atoms with Gasteiger partial charge in [0.2, 0.25) is 0 Å². The fraction of sp³-hybridized carbons (Fsp3) is 0.600. The Morgan fingerprint density at radius 2 is 2.24 bits per heavy atom. The van der Waals surface area contributed by atoms with Crippen LogP contribution in [0.25, 0.3) is 0 Å². The zero-order valence-corrected chi connectivity index (χ0v) is 12.1. The molecule has 1 aliphatic carbocycles. The van der Waals surface area contributed by atoms with Crippen molar-refractivity contribution < 1.29 is 14.6 Å². The molecule has 1 N–H and O–H groups in total. The SMILES string of the molecule is C[C@@H]1CN(Cc2cc(C(=O)O)c(=O)n(C3CC3)c2)CCO1. The summed E-state index contributed by atoms with van der Waals surface area (Å²) in [6.45, 7) is 5.02.